The first-order chi connectivity index (χ1) is 10.1. The van der Waals surface area contributed by atoms with E-state index >= 15 is 0 Å². The molecule has 0 bridgehead atoms. The van der Waals surface area contributed by atoms with E-state index in [2.05, 4.69) is 24.5 Å². The summed E-state index contributed by atoms with van der Waals surface area (Å²) in [7, 11) is 0. The molecular weight excluding hydrogens is 264 g/mol. The minimum absolute atomic E-state index is 0.0170. The summed E-state index contributed by atoms with van der Waals surface area (Å²) in [5.41, 5.74) is 1.63. The number of piperidine rings is 1. The molecule has 0 aliphatic carbocycles. The summed E-state index contributed by atoms with van der Waals surface area (Å²) in [5, 5.41) is 16.1. The van der Waals surface area contributed by atoms with Gasteiger partial charge in [0.05, 0.1) is 5.69 Å². The number of phenols is 1. The Balaban J connectivity index is 1.91. The second kappa shape index (κ2) is 7.46. The minimum atomic E-state index is -0.0170. The van der Waals surface area contributed by atoms with Gasteiger partial charge in [-0.25, -0.2) is 0 Å². The van der Waals surface area contributed by atoms with Gasteiger partial charge in [-0.3, -0.25) is 4.79 Å². The fourth-order valence-electron chi connectivity index (χ4n) is 2.93. The van der Waals surface area contributed by atoms with E-state index in [9.17, 15) is 9.90 Å². The van der Waals surface area contributed by atoms with Crippen LogP contribution in [0.5, 0.6) is 5.75 Å². The van der Waals surface area contributed by atoms with Crippen molar-refractivity contribution >= 4 is 11.6 Å². The maximum atomic E-state index is 12.2. The summed E-state index contributed by atoms with van der Waals surface area (Å²) in [6.45, 7) is 6.29. The third kappa shape index (κ3) is 4.46. The summed E-state index contributed by atoms with van der Waals surface area (Å²) in [4.78, 5) is 12.2. The van der Waals surface area contributed by atoms with Crippen LogP contribution in [-0.2, 0) is 11.2 Å². The highest BCUT2D eigenvalue weighted by molar-refractivity contribution is 5.92. The first kappa shape index (κ1) is 15.8. The van der Waals surface area contributed by atoms with E-state index in [-0.39, 0.29) is 11.7 Å². The number of phenolic OH excluding ortho intramolecular Hbond substituents is 1. The van der Waals surface area contributed by atoms with E-state index in [1.54, 1.807) is 6.07 Å². The molecule has 116 valence electrons. The van der Waals surface area contributed by atoms with Crippen molar-refractivity contribution in [3.8, 4) is 5.75 Å². The number of anilines is 1. The number of amides is 1. The van der Waals surface area contributed by atoms with Crippen LogP contribution in [0, 0.1) is 11.8 Å². The zero-order chi connectivity index (χ0) is 15.2. The summed E-state index contributed by atoms with van der Waals surface area (Å²) in [5.74, 6) is 1.04. The Kier molecular flexibility index (Phi) is 5.62. The third-order valence-corrected chi connectivity index (χ3v) is 4.39. The molecule has 3 N–H and O–H groups in total. The lowest BCUT2D eigenvalue weighted by atomic mass is 9.85. The van der Waals surface area contributed by atoms with Gasteiger partial charge in [-0.05, 0) is 61.9 Å². The Bertz CT molecular complexity index is 482. The van der Waals surface area contributed by atoms with Crippen molar-refractivity contribution in [2.75, 3.05) is 18.4 Å². The number of aryl methyl sites for hydroxylation is 1. The number of benzene rings is 1. The van der Waals surface area contributed by atoms with Gasteiger partial charge < -0.3 is 15.7 Å². The fourth-order valence-corrected chi connectivity index (χ4v) is 2.93. The summed E-state index contributed by atoms with van der Waals surface area (Å²) < 4.78 is 0. The first-order valence-corrected chi connectivity index (χ1v) is 7.92. The van der Waals surface area contributed by atoms with Gasteiger partial charge in [0.25, 0.3) is 0 Å². The van der Waals surface area contributed by atoms with Crippen LogP contribution in [0.3, 0.4) is 0 Å². The standard InChI is InChI=1S/C17H26N2O2/c1-3-13-6-7-16(20)15(10-13)19-17(21)9-12(2)14-5-4-8-18-11-14/h6-7,10,12,14,18,20H,3-5,8-9,11H2,1-2H3,(H,19,21). The van der Waals surface area contributed by atoms with Crippen LogP contribution in [0.1, 0.15) is 38.7 Å². The van der Waals surface area contributed by atoms with Crippen molar-refractivity contribution in [1.29, 1.82) is 0 Å². The van der Waals surface area contributed by atoms with Gasteiger partial charge >= 0.3 is 0 Å². The lowest BCUT2D eigenvalue weighted by Gasteiger charge is -2.28. The lowest BCUT2D eigenvalue weighted by molar-refractivity contribution is -0.117. The number of hydrogen-bond donors (Lipinski definition) is 3. The highest BCUT2D eigenvalue weighted by atomic mass is 16.3. The van der Waals surface area contributed by atoms with Crippen molar-refractivity contribution in [1.82, 2.24) is 5.32 Å². The fraction of sp³-hybridized carbons (Fsp3) is 0.588. The van der Waals surface area contributed by atoms with Gasteiger partial charge in [-0.1, -0.05) is 19.9 Å². The first-order valence-electron chi connectivity index (χ1n) is 7.92. The molecule has 0 radical (unpaired) electrons. The maximum Gasteiger partial charge on any atom is 0.224 e. The molecule has 2 rings (SSSR count). The number of nitrogens with one attached hydrogen (secondary N) is 2. The summed E-state index contributed by atoms with van der Waals surface area (Å²) >= 11 is 0. The predicted octanol–water partition coefficient (Wildman–Crippen LogP) is 2.92. The molecule has 21 heavy (non-hydrogen) atoms. The highest BCUT2D eigenvalue weighted by Crippen LogP contribution is 2.26. The zero-order valence-corrected chi connectivity index (χ0v) is 13.0. The van der Waals surface area contributed by atoms with Crippen molar-refractivity contribution in [3.05, 3.63) is 23.8 Å². The van der Waals surface area contributed by atoms with E-state index in [1.165, 1.54) is 12.8 Å². The summed E-state index contributed by atoms with van der Waals surface area (Å²) in [6.07, 6.45) is 3.77. The quantitative estimate of drug-likeness (QED) is 0.731. The summed E-state index contributed by atoms with van der Waals surface area (Å²) in [6, 6.07) is 5.37. The van der Waals surface area contributed by atoms with E-state index in [0.717, 1.165) is 25.1 Å². The van der Waals surface area contributed by atoms with Gasteiger partial charge in [0.1, 0.15) is 5.75 Å². The average molecular weight is 290 g/mol. The molecule has 1 aliphatic heterocycles. The van der Waals surface area contributed by atoms with Crippen LogP contribution >= 0.6 is 0 Å². The van der Waals surface area contributed by atoms with Gasteiger partial charge in [0.15, 0.2) is 0 Å². The van der Waals surface area contributed by atoms with E-state index in [1.807, 2.05) is 12.1 Å². The molecule has 1 amide bonds. The van der Waals surface area contributed by atoms with E-state index in [0.29, 0.717) is 23.9 Å². The highest BCUT2D eigenvalue weighted by Gasteiger charge is 2.22. The molecule has 1 aromatic rings. The van der Waals surface area contributed by atoms with E-state index < -0.39 is 0 Å². The third-order valence-electron chi connectivity index (χ3n) is 4.39. The Morgan fingerprint density at radius 3 is 3.00 bits per heavy atom. The topological polar surface area (TPSA) is 61.4 Å². The second-order valence-corrected chi connectivity index (χ2v) is 6.04. The van der Waals surface area contributed by atoms with Crippen molar-refractivity contribution in [3.63, 3.8) is 0 Å². The van der Waals surface area contributed by atoms with Crippen LogP contribution < -0.4 is 10.6 Å². The van der Waals surface area contributed by atoms with Crippen LogP contribution in [-0.4, -0.2) is 24.1 Å². The normalized spacial score (nSPS) is 20.0. The maximum absolute atomic E-state index is 12.2. The molecule has 4 heteroatoms. The van der Waals surface area contributed by atoms with Gasteiger partial charge in [0.2, 0.25) is 5.91 Å². The molecule has 1 aliphatic rings. The SMILES string of the molecule is CCc1ccc(O)c(NC(=O)CC(C)C2CCCNC2)c1. The van der Waals surface area contributed by atoms with Gasteiger partial charge in [-0.2, -0.15) is 0 Å². The molecule has 1 saturated heterocycles. The zero-order valence-electron chi connectivity index (χ0n) is 13.0. The molecular formula is C17H26N2O2. The molecule has 0 spiro atoms. The number of aromatic hydroxyl groups is 1. The molecule has 0 saturated carbocycles. The molecule has 2 atom stereocenters. The van der Waals surface area contributed by atoms with Gasteiger partial charge in [-0.15, -0.1) is 0 Å². The van der Waals surface area contributed by atoms with E-state index in [4.69, 9.17) is 0 Å². The smallest absolute Gasteiger partial charge is 0.224 e. The van der Waals surface area contributed by atoms with Crippen LogP contribution in [0.4, 0.5) is 5.69 Å². The monoisotopic (exact) mass is 290 g/mol. The molecule has 1 heterocycles. The number of hydrogen-bond acceptors (Lipinski definition) is 3. The van der Waals surface area contributed by atoms with Crippen molar-refractivity contribution in [2.45, 2.75) is 39.5 Å². The Hall–Kier alpha value is -1.55. The molecule has 1 fully saturated rings. The molecule has 2 unspecified atom stereocenters. The number of carbonyl (C=O) groups excluding carboxylic acids is 1. The number of carbonyl (C=O) groups is 1. The Morgan fingerprint density at radius 1 is 1.52 bits per heavy atom. The van der Waals surface area contributed by atoms with Crippen molar-refractivity contribution in [2.24, 2.45) is 11.8 Å². The van der Waals surface area contributed by atoms with Crippen LogP contribution in [0.2, 0.25) is 0 Å². The lowest BCUT2D eigenvalue weighted by Crippen LogP contribution is -2.34. The largest absolute Gasteiger partial charge is 0.506 e. The number of rotatable bonds is 5. The van der Waals surface area contributed by atoms with Crippen LogP contribution in [0.25, 0.3) is 0 Å². The van der Waals surface area contributed by atoms with Crippen LogP contribution in [0.15, 0.2) is 18.2 Å². The Morgan fingerprint density at radius 2 is 2.33 bits per heavy atom. The second-order valence-electron chi connectivity index (χ2n) is 6.04. The molecule has 0 aromatic heterocycles. The minimum Gasteiger partial charge on any atom is -0.506 e. The molecule has 1 aromatic carbocycles. The average Bonchev–Trinajstić information content (AvgIpc) is 2.50. The molecule has 4 nitrogen and oxygen atoms in total. The van der Waals surface area contributed by atoms with Gasteiger partial charge in [0, 0.05) is 6.42 Å². The Labute approximate surface area is 126 Å². The predicted molar refractivity (Wildman–Crippen MR) is 85.5 cm³/mol. The van der Waals surface area contributed by atoms with Crippen molar-refractivity contribution < 1.29 is 9.90 Å².